The molecule has 1 fully saturated rings. The Morgan fingerprint density at radius 3 is 2.30 bits per heavy atom. The molecule has 0 bridgehead atoms. The second kappa shape index (κ2) is 6.75. The number of anilines is 2. The summed E-state index contributed by atoms with van der Waals surface area (Å²) in [4.78, 5) is 37.2. The van der Waals surface area contributed by atoms with Crippen molar-refractivity contribution >= 4 is 29.2 Å². The van der Waals surface area contributed by atoms with Crippen molar-refractivity contribution in [1.29, 1.82) is 0 Å². The van der Waals surface area contributed by atoms with Gasteiger partial charge in [-0.15, -0.1) is 0 Å². The maximum Gasteiger partial charge on any atom is 0.339 e. The minimum atomic E-state index is -1.29. The summed E-state index contributed by atoms with van der Waals surface area (Å²) in [5.74, 6) is -2.64. The summed E-state index contributed by atoms with van der Waals surface area (Å²) in [7, 11) is 0. The van der Waals surface area contributed by atoms with Crippen molar-refractivity contribution in [2.75, 3.05) is 10.2 Å². The molecule has 7 heteroatoms. The molecule has 2 amide bonds. The van der Waals surface area contributed by atoms with E-state index >= 15 is 0 Å². The topological polar surface area (TPSA) is 107 Å². The highest BCUT2D eigenvalue weighted by Gasteiger charge is 2.40. The Hall–Kier alpha value is -3.35. The number of nitrogens with one attached hydrogen (secondary N) is 1. The summed E-state index contributed by atoms with van der Waals surface area (Å²) in [6, 6.07) is 6.89. The fourth-order valence-corrected chi connectivity index (χ4v) is 3.44. The van der Waals surface area contributed by atoms with Gasteiger partial charge in [0.25, 0.3) is 5.91 Å². The molecule has 0 aromatic heterocycles. The second-order valence-corrected chi connectivity index (χ2v) is 6.75. The fraction of sp³-hybridized carbons (Fsp3) is 0.250. The number of carboxylic acid groups (broad SMARTS) is 1. The third-order valence-electron chi connectivity index (χ3n) is 4.61. The lowest BCUT2D eigenvalue weighted by Gasteiger charge is -2.19. The van der Waals surface area contributed by atoms with Gasteiger partial charge in [-0.2, -0.15) is 0 Å². The van der Waals surface area contributed by atoms with Crippen LogP contribution in [-0.2, 0) is 9.59 Å². The largest absolute Gasteiger partial charge is 0.507 e. The molecule has 3 N–H and O–H groups in total. The van der Waals surface area contributed by atoms with Gasteiger partial charge in [-0.3, -0.25) is 9.59 Å². The first-order valence-corrected chi connectivity index (χ1v) is 8.46. The normalized spacial score (nSPS) is 16.7. The zero-order chi connectivity index (χ0) is 19.9. The molecule has 1 saturated heterocycles. The van der Waals surface area contributed by atoms with E-state index < -0.39 is 29.6 Å². The highest BCUT2D eigenvalue weighted by molar-refractivity contribution is 6.23. The average Bonchev–Trinajstić information content (AvgIpc) is 2.84. The predicted molar refractivity (Wildman–Crippen MR) is 100 cm³/mol. The van der Waals surface area contributed by atoms with Crippen LogP contribution in [0.2, 0.25) is 0 Å². The Morgan fingerprint density at radius 2 is 1.74 bits per heavy atom. The first kappa shape index (κ1) is 18.4. The number of rotatable bonds is 4. The number of amides is 2. The molecule has 7 nitrogen and oxygen atoms in total. The molecule has 2 aromatic rings. The second-order valence-electron chi connectivity index (χ2n) is 6.75. The van der Waals surface area contributed by atoms with E-state index in [1.165, 1.54) is 12.1 Å². The maximum atomic E-state index is 12.8. The molecule has 1 aliphatic heterocycles. The van der Waals surface area contributed by atoms with Gasteiger partial charge in [0.15, 0.2) is 0 Å². The standard InChI is InChI=1S/C20H20N2O5/c1-10-6-11(2)18(12(3)7-10)21-15-9-17(24)22(19(15)25)13-4-5-14(20(26)27)16(23)8-13/h4-8,15,21,23H,9H2,1-3H3,(H,26,27). The molecule has 27 heavy (non-hydrogen) atoms. The Morgan fingerprint density at radius 1 is 1.11 bits per heavy atom. The van der Waals surface area contributed by atoms with Crippen LogP contribution in [-0.4, -0.2) is 34.0 Å². The van der Waals surface area contributed by atoms with Gasteiger partial charge in [0.2, 0.25) is 5.91 Å². The van der Waals surface area contributed by atoms with Crippen LogP contribution in [0.15, 0.2) is 30.3 Å². The lowest BCUT2D eigenvalue weighted by molar-refractivity contribution is -0.121. The molecule has 0 spiro atoms. The Bertz CT molecular complexity index is 944. The average molecular weight is 368 g/mol. The molecular weight excluding hydrogens is 348 g/mol. The molecule has 0 saturated carbocycles. The number of carbonyl (C=O) groups is 3. The van der Waals surface area contributed by atoms with Gasteiger partial charge in [0.05, 0.1) is 12.1 Å². The minimum Gasteiger partial charge on any atom is -0.507 e. The molecule has 2 aromatic carbocycles. The number of hydrogen-bond donors (Lipinski definition) is 3. The van der Waals surface area contributed by atoms with Gasteiger partial charge in [-0.1, -0.05) is 17.7 Å². The van der Waals surface area contributed by atoms with Crippen molar-refractivity contribution in [3.05, 3.63) is 52.6 Å². The molecule has 3 rings (SSSR count). The number of carboxylic acids is 1. The highest BCUT2D eigenvalue weighted by Crippen LogP contribution is 2.31. The predicted octanol–water partition coefficient (Wildman–Crippen LogP) is 2.76. The lowest BCUT2D eigenvalue weighted by atomic mass is 10.0. The summed E-state index contributed by atoms with van der Waals surface area (Å²) in [5.41, 5.74) is 3.74. The van der Waals surface area contributed by atoms with E-state index in [1.54, 1.807) is 0 Å². The van der Waals surface area contributed by atoms with Crippen molar-refractivity contribution in [2.24, 2.45) is 0 Å². The molecule has 1 heterocycles. The number of benzene rings is 2. The van der Waals surface area contributed by atoms with Gasteiger partial charge in [0, 0.05) is 11.8 Å². The number of aryl methyl sites for hydroxylation is 3. The SMILES string of the molecule is Cc1cc(C)c(NC2CC(=O)N(c3ccc(C(=O)O)c(O)c3)C2=O)c(C)c1. The van der Waals surface area contributed by atoms with Gasteiger partial charge in [-0.05, 0) is 44.0 Å². The Labute approximate surface area is 156 Å². The highest BCUT2D eigenvalue weighted by atomic mass is 16.4. The summed E-state index contributed by atoms with van der Waals surface area (Å²) >= 11 is 0. The van der Waals surface area contributed by atoms with E-state index in [1.807, 2.05) is 32.9 Å². The van der Waals surface area contributed by atoms with Crippen LogP contribution >= 0.6 is 0 Å². The molecule has 0 aliphatic carbocycles. The number of hydrogen-bond acceptors (Lipinski definition) is 5. The molecule has 140 valence electrons. The van der Waals surface area contributed by atoms with Crippen molar-refractivity contribution in [3.63, 3.8) is 0 Å². The minimum absolute atomic E-state index is 0.0208. The molecule has 1 unspecified atom stereocenters. The summed E-state index contributed by atoms with van der Waals surface area (Å²) in [6.07, 6.45) is -0.0208. The van der Waals surface area contributed by atoms with E-state index in [0.29, 0.717) is 0 Å². The number of aromatic carboxylic acids is 1. The van der Waals surface area contributed by atoms with E-state index in [2.05, 4.69) is 5.32 Å². The number of carbonyl (C=O) groups excluding carboxylic acids is 2. The van der Waals surface area contributed by atoms with Crippen molar-refractivity contribution in [1.82, 2.24) is 0 Å². The third-order valence-corrected chi connectivity index (χ3v) is 4.61. The van der Waals surface area contributed by atoms with E-state index in [-0.39, 0.29) is 17.7 Å². The van der Waals surface area contributed by atoms with E-state index in [4.69, 9.17) is 5.11 Å². The van der Waals surface area contributed by atoms with Gasteiger partial charge in [-0.25, -0.2) is 9.69 Å². The van der Waals surface area contributed by atoms with E-state index in [9.17, 15) is 19.5 Å². The van der Waals surface area contributed by atoms with Crippen LogP contribution < -0.4 is 10.2 Å². The number of phenols is 1. The van der Waals surface area contributed by atoms with Crippen molar-refractivity contribution in [2.45, 2.75) is 33.2 Å². The van der Waals surface area contributed by atoms with Crippen LogP contribution in [0, 0.1) is 20.8 Å². The Balaban J connectivity index is 1.88. The third kappa shape index (κ3) is 3.36. The fourth-order valence-electron chi connectivity index (χ4n) is 3.44. The van der Waals surface area contributed by atoms with Crippen molar-refractivity contribution in [3.8, 4) is 5.75 Å². The van der Waals surface area contributed by atoms with Gasteiger partial charge >= 0.3 is 5.97 Å². The van der Waals surface area contributed by atoms with Crippen LogP contribution in [0.1, 0.15) is 33.5 Å². The van der Waals surface area contributed by atoms with Crippen LogP contribution in [0.3, 0.4) is 0 Å². The van der Waals surface area contributed by atoms with E-state index in [0.717, 1.165) is 33.3 Å². The molecule has 1 aliphatic rings. The maximum absolute atomic E-state index is 12.8. The lowest BCUT2D eigenvalue weighted by Crippen LogP contribution is -2.35. The van der Waals surface area contributed by atoms with Crippen LogP contribution in [0.25, 0.3) is 0 Å². The quantitative estimate of drug-likeness (QED) is 0.717. The Kier molecular flexibility index (Phi) is 4.61. The molecule has 0 radical (unpaired) electrons. The number of nitrogens with zero attached hydrogens (tertiary/aromatic N) is 1. The van der Waals surface area contributed by atoms with Gasteiger partial charge in [0.1, 0.15) is 17.4 Å². The van der Waals surface area contributed by atoms with Crippen molar-refractivity contribution < 1.29 is 24.6 Å². The first-order valence-electron chi connectivity index (χ1n) is 8.46. The first-order chi connectivity index (χ1) is 12.7. The summed E-state index contributed by atoms with van der Waals surface area (Å²) in [5, 5.41) is 22.0. The number of aromatic hydroxyl groups is 1. The summed E-state index contributed by atoms with van der Waals surface area (Å²) in [6.45, 7) is 5.86. The zero-order valence-electron chi connectivity index (χ0n) is 15.2. The van der Waals surface area contributed by atoms with Crippen LogP contribution in [0.5, 0.6) is 5.75 Å². The molecule has 1 atom stereocenters. The van der Waals surface area contributed by atoms with Crippen LogP contribution in [0.4, 0.5) is 11.4 Å². The smallest absolute Gasteiger partial charge is 0.339 e. The number of imide groups is 1. The summed E-state index contributed by atoms with van der Waals surface area (Å²) < 4.78 is 0. The zero-order valence-corrected chi connectivity index (χ0v) is 15.2. The molecular formula is C20H20N2O5. The monoisotopic (exact) mass is 368 g/mol. The van der Waals surface area contributed by atoms with Gasteiger partial charge < -0.3 is 15.5 Å².